The molecule has 0 unspecified atom stereocenters. The van der Waals surface area contributed by atoms with Crippen molar-refractivity contribution in [3.8, 4) is 0 Å². The van der Waals surface area contributed by atoms with E-state index in [1.54, 1.807) is 31.4 Å². The zero-order chi connectivity index (χ0) is 18.7. The summed E-state index contributed by atoms with van der Waals surface area (Å²) in [7, 11) is 0. The van der Waals surface area contributed by atoms with Crippen LogP contribution < -0.4 is 5.32 Å². The van der Waals surface area contributed by atoms with Crippen LogP contribution in [0.2, 0.25) is 0 Å². The topological polar surface area (TPSA) is 73.5 Å². The van der Waals surface area contributed by atoms with Crippen molar-refractivity contribution >= 4 is 18.0 Å². The molecule has 1 atom stereocenters. The molecule has 138 valence electrons. The standard InChI is InChI=1S/C20H24N2O4/c1-13-11-16(15(3)22(13)17-7-8-17)6-9-20(24)26-12-19(23)21-14(2)18-5-4-10-25-18/h4-6,9-11,14,17H,7-8,12H2,1-3H3,(H,21,23)/b9-6+/t14-/m1/s1. The average Bonchev–Trinajstić information content (AvgIpc) is 3.18. The van der Waals surface area contributed by atoms with Gasteiger partial charge < -0.3 is 19.0 Å². The first kappa shape index (κ1) is 18.0. The molecule has 3 rings (SSSR count). The van der Waals surface area contributed by atoms with Crippen molar-refractivity contribution in [3.05, 3.63) is 53.2 Å². The van der Waals surface area contributed by atoms with E-state index in [0.717, 1.165) is 11.3 Å². The fourth-order valence-corrected chi connectivity index (χ4v) is 3.10. The van der Waals surface area contributed by atoms with Crippen LogP contribution in [0, 0.1) is 13.8 Å². The Kier molecular flexibility index (Phi) is 5.30. The molecule has 1 N–H and O–H groups in total. The van der Waals surface area contributed by atoms with E-state index in [1.807, 2.05) is 0 Å². The smallest absolute Gasteiger partial charge is 0.331 e. The molecule has 1 aliphatic carbocycles. The number of ether oxygens (including phenoxy) is 1. The van der Waals surface area contributed by atoms with Gasteiger partial charge in [-0.2, -0.15) is 0 Å². The highest BCUT2D eigenvalue weighted by Gasteiger charge is 2.26. The van der Waals surface area contributed by atoms with Crippen molar-refractivity contribution in [1.82, 2.24) is 9.88 Å². The summed E-state index contributed by atoms with van der Waals surface area (Å²) in [5.41, 5.74) is 3.35. The van der Waals surface area contributed by atoms with Gasteiger partial charge in [0, 0.05) is 23.5 Å². The van der Waals surface area contributed by atoms with E-state index in [-0.39, 0.29) is 18.6 Å². The first-order valence-electron chi connectivity index (χ1n) is 8.81. The lowest BCUT2D eigenvalue weighted by Crippen LogP contribution is -2.30. The molecule has 6 heteroatoms. The van der Waals surface area contributed by atoms with Gasteiger partial charge >= 0.3 is 5.97 Å². The summed E-state index contributed by atoms with van der Waals surface area (Å²) < 4.78 is 12.5. The maximum atomic E-state index is 11.9. The van der Waals surface area contributed by atoms with Crippen LogP contribution in [0.1, 0.15) is 54.6 Å². The molecule has 0 saturated heterocycles. The van der Waals surface area contributed by atoms with Gasteiger partial charge in [0.2, 0.25) is 0 Å². The number of nitrogens with zero attached hydrogens (tertiary/aromatic N) is 1. The second-order valence-corrected chi connectivity index (χ2v) is 6.67. The minimum Gasteiger partial charge on any atom is -0.467 e. The van der Waals surface area contributed by atoms with Crippen molar-refractivity contribution in [2.24, 2.45) is 0 Å². The Morgan fingerprint density at radius 2 is 2.19 bits per heavy atom. The van der Waals surface area contributed by atoms with E-state index in [9.17, 15) is 9.59 Å². The van der Waals surface area contributed by atoms with Crippen molar-refractivity contribution in [2.45, 2.75) is 45.7 Å². The molecular weight excluding hydrogens is 332 g/mol. The Morgan fingerprint density at radius 1 is 1.42 bits per heavy atom. The lowest BCUT2D eigenvalue weighted by molar-refractivity contribution is -0.144. The second kappa shape index (κ2) is 7.64. The van der Waals surface area contributed by atoms with Crippen LogP contribution in [-0.2, 0) is 14.3 Å². The molecule has 2 aromatic rings. The molecule has 1 aliphatic rings. The number of hydrogen-bond donors (Lipinski definition) is 1. The summed E-state index contributed by atoms with van der Waals surface area (Å²) in [4.78, 5) is 23.7. The molecular formula is C20H24N2O4. The molecule has 1 saturated carbocycles. The van der Waals surface area contributed by atoms with Crippen molar-refractivity contribution in [2.75, 3.05) is 6.61 Å². The Morgan fingerprint density at radius 3 is 2.85 bits per heavy atom. The maximum Gasteiger partial charge on any atom is 0.331 e. The third-order valence-corrected chi connectivity index (χ3v) is 4.53. The van der Waals surface area contributed by atoms with Crippen LogP contribution in [0.15, 0.2) is 35.0 Å². The van der Waals surface area contributed by atoms with Gasteiger partial charge in [0.15, 0.2) is 6.61 Å². The Bertz CT molecular complexity index is 813. The number of carbonyl (C=O) groups is 2. The van der Waals surface area contributed by atoms with Gasteiger partial charge in [0.1, 0.15) is 5.76 Å². The highest BCUT2D eigenvalue weighted by Crippen LogP contribution is 2.38. The summed E-state index contributed by atoms with van der Waals surface area (Å²) in [6.45, 7) is 5.61. The van der Waals surface area contributed by atoms with E-state index in [2.05, 4.69) is 29.8 Å². The van der Waals surface area contributed by atoms with Crippen molar-refractivity contribution < 1.29 is 18.7 Å². The molecule has 0 bridgehead atoms. The maximum absolute atomic E-state index is 11.9. The number of rotatable bonds is 7. The molecule has 0 aromatic carbocycles. The lowest BCUT2D eigenvalue weighted by Gasteiger charge is -2.11. The fraction of sp³-hybridized carbons (Fsp3) is 0.400. The highest BCUT2D eigenvalue weighted by atomic mass is 16.5. The predicted octanol–water partition coefficient (Wildman–Crippen LogP) is 3.47. The number of aryl methyl sites for hydroxylation is 1. The van der Waals surface area contributed by atoms with Crippen molar-refractivity contribution in [3.63, 3.8) is 0 Å². The zero-order valence-corrected chi connectivity index (χ0v) is 15.3. The van der Waals surface area contributed by atoms with E-state index in [4.69, 9.17) is 9.15 Å². The number of aromatic nitrogens is 1. The summed E-state index contributed by atoms with van der Waals surface area (Å²) in [5.74, 6) is -0.264. The van der Waals surface area contributed by atoms with Crippen LogP contribution in [-0.4, -0.2) is 23.1 Å². The summed E-state index contributed by atoms with van der Waals surface area (Å²) in [6, 6.07) is 5.92. The van der Waals surface area contributed by atoms with Gasteiger partial charge in [0.25, 0.3) is 5.91 Å². The third kappa shape index (κ3) is 4.25. The number of esters is 1. The predicted molar refractivity (Wildman–Crippen MR) is 97.4 cm³/mol. The molecule has 2 heterocycles. The average molecular weight is 356 g/mol. The second-order valence-electron chi connectivity index (χ2n) is 6.67. The summed E-state index contributed by atoms with van der Waals surface area (Å²) in [6.07, 6.45) is 7.08. The monoisotopic (exact) mass is 356 g/mol. The van der Waals surface area contributed by atoms with E-state index in [1.165, 1.54) is 24.6 Å². The molecule has 2 aromatic heterocycles. The lowest BCUT2D eigenvalue weighted by atomic mass is 10.2. The van der Waals surface area contributed by atoms with Crippen LogP contribution in [0.5, 0.6) is 0 Å². The van der Waals surface area contributed by atoms with Gasteiger partial charge in [-0.1, -0.05) is 0 Å². The molecule has 0 aliphatic heterocycles. The van der Waals surface area contributed by atoms with Crippen LogP contribution in [0.4, 0.5) is 0 Å². The van der Waals surface area contributed by atoms with Crippen LogP contribution in [0.3, 0.4) is 0 Å². The van der Waals surface area contributed by atoms with Gasteiger partial charge in [0.05, 0.1) is 12.3 Å². The molecule has 0 spiro atoms. The largest absolute Gasteiger partial charge is 0.467 e. The number of amides is 1. The minimum absolute atomic E-state index is 0.278. The summed E-state index contributed by atoms with van der Waals surface area (Å²) in [5, 5.41) is 2.71. The van der Waals surface area contributed by atoms with Gasteiger partial charge in [-0.25, -0.2) is 4.79 Å². The van der Waals surface area contributed by atoms with E-state index in [0.29, 0.717) is 11.8 Å². The van der Waals surface area contributed by atoms with Gasteiger partial charge in [-0.3, -0.25) is 4.79 Å². The Labute approximate surface area is 152 Å². The molecule has 1 amide bonds. The quantitative estimate of drug-likeness (QED) is 0.609. The van der Waals surface area contributed by atoms with Gasteiger partial charge in [-0.15, -0.1) is 0 Å². The number of nitrogens with one attached hydrogen (secondary N) is 1. The number of carbonyl (C=O) groups excluding carboxylic acids is 2. The van der Waals surface area contributed by atoms with E-state index < -0.39 is 5.97 Å². The molecule has 26 heavy (non-hydrogen) atoms. The normalized spacial score (nSPS) is 15.2. The Balaban J connectivity index is 1.49. The van der Waals surface area contributed by atoms with Crippen LogP contribution in [0.25, 0.3) is 6.08 Å². The zero-order valence-electron chi connectivity index (χ0n) is 15.3. The minimum atomic E-state index is -0.540. The van der Waals surface area contributed by atoms with Crippen molar-refractivity contribution in [1.29, 1.82) is 0 Å². The molecule has 6 nitrogen and oxygen atoms in total. The summed E-state index contributed by atoms with van der Waals surface area (Å²) >= 11 is 0. The number of furan rings is 1. The Hall–Kier alpha value is -2.76. The van der Waals surface area contributed by atoms with E-state index >= 15 is 0 Å². The highest BCUT2D eigenvalue weighted by molar-refractivity contribution is 5.89. The third-order valence-electron chi connectivity index (χ3n) is 4.53. The van der Waals surface area contributed by atoms with Gasteiger partial charge in [-0.05, 0) is 63.5 Å². The molecule has 0 radical (unpaired) electrons. The van der Waals surface area contributed by atoms with Crippen LogP contribution >= 0.6 is 0 Å². The SMILES string of the molecule is Cc1cc(/C=C/C(=O)OCC(=O)N[C@H](C)c2ccco2)c(C)n1C1CC1. The molecule has 1 fully saturated rings. The first-order valence-corrected chi connectivity index (χ1v) is 8.81. The fourth-order valence-electron chi connectivity index (χ4n) is 3.10. The first-order chi connectivity index (χ1) is 12.5. The number of hydrogen-bond acceptors (Lipinski definition) is 4.